The number of carbonyl (C=O) groups excluding carboxylic acids is 2. The molecule has 4 atom stereocenters. The summed E-state index contributed by atoms with van der Waals surface area (Å²) in [6.07, 6.45) is 6.49. The van der Waals surface area contributed by atoms with E-state index >= 15 is 0 Å². The van der Waals surface area contributed by atoms with Crippen molar-refractivity contribution in [2.24, 2.45) is 11.8 Å². The fourth-order valence-corrected chi connectivity index (χ4v) is 4.96. The predicted molar refractivity (Wildman–Crippen MR) is 113 cm³/mol. The van der Waals surface area contributed by atoms with Crippen LogP contribution in [0, 0.1) is 11.8 Å². The van der Waals surface area contributed by atoms with Crippen molar-refractivity contribution >= 4 is 23.3 Å². The van der Waals surface area contributed by atoms with Gasteiger partial charge in [-0.1, -0.05) is 23.7 Å². The first-order valence-corrected chi connectivity index (χ1v) is 10.9. The molecule has 1 saturated carbocycles. The van der Waals surface area contributed by atoms with Crippen LogP contribution in [0.15, 0.2) is 48.0 Å². The van der Waals surface area contributed by atoms with Gasteiger partial charge in [0.2, 0.25) is 0 Å². The number of nitrogens with one attached hydrogen (secondary N) is 1. The molecule has 4 unspecified atom stereocenters. The van der Waals surface area contributed by atoms with Crippen molar-refractivity contribution in [1.82, 2.24) is 10.2 Å². The zero-order valence-electron chi connectivity index (χ0n) is 17.0. The average molecular weight is 431 g/mol. The van der Waals surface area contributed by atoms with Gasteiger partial charge >= 0.3 is 0 Å². The molecule has 1 aliphatic carbocycles. The third kappa shape index (κ3) is 4.12. The summed E-state index contributed by atoms with van der Waals surface area (Å²) in [4.78, 5) is 28.3. The van der Waals surface area contributed by atoms with Gasteiger partial charge in [0.1, 0.15) is 12.4 Å². The molecule has 4 rings (SSSR count). The van der Waals surface area contributed by atoms with Crippen LogP contribution in [0.5, 0.6) is 0 Å². The molecular weight excluding hydrogens is 404 g/mol. The quantitative estimate of drug-likeness (QED) is 0.678. The molecule has 1 aromatic carbocycles. The van der Waals surface area contributed by atoms with Crippen LogP contribution in [0.25, 0.3) is 0 Å². The second kappa shape index (κ2) is 8.82. The molecule has 3 aliphatic rings. The minimum Gasteiger partial charge on any atom is -0.494 e. The Kier molecular flexibility index (Phi) is 6.16. The number of aliphatic hydroxyl groups excluding tert-OH is 1. The number of halogens is 1. The summed E-state index contributed by atoms with van der Waals surface area (Å²) in [7, 11) is 0. The average Bonchev–Trinajstić information content (AvgIpc) is 2.75. The van der Waals surface area contributed by atoms with Gasteiger partial charge < -0.3 is 20.1 Å². The van der Waals surface area contributed by atoms with Gasteiger partial charge in [-0.25, -0.2) is 0 Å². The van der Waals surface area contributed by atoms with Crippen LogP contribution in [-0.2, 0) is 20.9 Å². The Morgan fingerprint density at radius 3 is 2.80 bits per heavy atom. The minimum absolute atomic E-state index is 0.0688. The fourth-order valence-electron chi connectivity index (χ4n) is 4.83. The Labute approximate surface area is 181 Å². The maximum atomic E-state index is 13.3. The number of amides is 1. The monoisotopic (exact) mass is 430 g/mol. The van der Waals surface area contributed by atoms with Gasteiger partial charge in [-0.3, -0.25) is 9.59 Å². The van der Waals surface area contributed by atoms with Gasteiger partial charge in [0, 0.05) is 36.0 Å². The van der Waals surface area contributed by atoms with Crippen molar-refractivity contribution in [3.63, 3.8) is 0 Å². The fraction of sp³-hybridized carbons (Fsp3) is 0.478. The Balaban J connectivity index is 1.54. The van der Waals surface area contributed by atoms with Crippen LogP contribution in [-0.4, -0.2) is 40.4 Å². The first kappa shape index (κ1) is 20.9. The highest BCUT2D eigenvalue weighted by Crippen LogP contribution is 2.43. The number of nitrogens with zero attached hydrogens (tertiary/aromatic N) is 1. The second-order valence-electron chi connectivity index (χ2n) is 8.36. The summed E-state index contributed by atoms with van der Waals surface area (Å²) in [6.45, 7) is 2.41. The summed E-state index contributed by atoms with van der Waals surface area (Å²) in [5, 5.41) is 12.7. The zero-order valence-corrected chi connectivity index (χ0v) is 17.8. The van der Waals surface area contributed by atoms with E-state index in [0.29, 0.717) is 23.9 Å². The zero-order chi connectivity index (χ0) is 21.3. The molecule has 30 heavy (non-hydrogen) atoms. The molecule has 7 heteroatoms. The molecule has 0 bridgehead atoms. The number of ketones is 1. The maximum Gasteiger partial charge on any atom is 0.256 e. The molecule has 0 saturated heterocycles. The molecule has 0 spiro atoms. The Bertz CT molecular complexity index is 880. The van der Waals surface area contributed by atoms with Gasteiger partial charge in [-0.05, 0) is 56.2 Å². The molecule has 160 valence electrons. The molecule has 2 N–H and O–H groups in total. The summed E-state index contributed by atoms with van der Waals surface area (Å²) in [5.74, 6) is -0.446. The van der Waals surface area contributed by atoms with Gasteiger partial charge in [-0.15, -0.1) is 0 Å². The minimum atomic E-state index is -0.360. The molecule has 6 nitrogen and oxygen atoms in total. The number of hydrogen-bond acceptors (Lipinski definition) is 5. The number of carbonyl (C=O) groups is 2. The van der Waals surface area contributed by atoms with Crippen LogP contribution < -0.4 is 5.32 Å². The molecule has 1 fully saturated rings. The molecule has 0 aromatic heterocycles. The van der Waals surface area contributed by atoms with Crippen molar-refractivity contribution in [3.8, 4) is 0 Å². The SMILES string of the molecule is CC1=COC2CC(CCCO)CC3C(=O)C(C(=O)NCc4ccc(Cl)cc4)=CN1C23. The Hall–Kier alpha value is -2.31. The van der Waals surface area contributed by atoms with Gasteiger partial charge in [-0.2, -0.15) is 0 Å². The second-order valence-corrected chi connectivity index (χ2v) is 8.79. The first-order chi connectivity index (χ1) is 14.5. The van der Waals surface area contributed by atoms with E-state index in [9.17, 15) is 14.7 Å². The molecule has 2 heterocycles. The Morgan fingerprint density at radius 1 is 1.30 bits per heavy atom. The number of benzene rings is 1. The number of hydrogen-bond donors (Lipinski definition) is 2. The number of allylic oxidation sites excluding steroid dienone is 1. The van der Waals surface area contributed by atoms with E-state index in [4.69, 9.17) is 16.3 Å². The lowest BCUT2D eigenvalue weighted by Crippen LogP contribution is -2.58. The third-order valence-electron chi connectivity index (χ3n) is 6.34. The lowest BCUT2D eigenvalue weighted by molar-refractivity contribution is -0.133. The molecule has 1 aromatic rings. The van der Waals surface area contributed by atoms with Crippen LogP contribution in [0.3, 0.4) is 0 Å². The number of ether oxygens (including phenoxy) is 1. The summed E-state index contributed by atoms with van der Waals surface area (Å²) in [5.41, 5.74) is 2.01. The van der Waals surface area contributed by atoms with Crippen LogP contribution in [0.4, 0.5) is 0 Å². The highest BCUT2D eigenvalue weighted by Gasteiger charge is 2.50. The highest BCUT2D eigenvalue weighted by atomic mass is 35.5. The van der Waals surface area contributed by atoms with Gasteiger partial charge in [0.05, 0.1) is 11.6 Å². The van der Waals surface area contributed by atoms with Crippen molar-refractivity contribution in [3.05, 3.63) is 58.6 Å². The van der Waals surface area contributed by atoms with E-state index in [1.165, 1.54) is 0 Å². The lowest BCUT2D eigenvalue weighted by atomic mass is 9.69. The molecule has 2 aliphatic heterocycles. The van der Waals surface area contributed by atoms with Gasteiger partial charge in [0.15, 0.2) is 5.78 Å². The topological polar surface area (TPSA) is 78.9 Å². The molecule has 0 radical (unpaired) electrons. The summed E-state index contributed by atoms with van der Waals surface area (Å²) >= 11 is 5.91. The predicted octanol–water partition coefficient (Wildman–Crippen LogP) is 3.15. The summed E-state index contributed by atoms with van der Waals surface area (Å²) in [6, 6.07) is 7.18. The standard InChI is InChI=1S/C23H27ClN2O4/c1-14-13-30-20-10-16(3-2-8-27)9-18-21(20)26(14)12-19(22(18)28)23(29)25-11-15-4-6-17(24)7-5-15/h4-7,12-13,16,18,20-21,27H,2-3,8-11H2,1H3,(H,25,29). The number of rotatable bonds is 6. The highest BCUT2D eigenvalue weighted by molar-refractivity contribution is 6.30. The molecule has 1 amide bonds. The van der Waals surface area contributed by atoms with Crippen molar-refractivity contribution < 1.29 is 19.4 Å². The lowest BCUT2D eigenvalue weighted by Gasteiger charge is -2.50. The summed E-state index contributed by atoms with van der Waals surface area (Å²) < 4.78 is 5.94. The van der Waals surface area contributed by atoms with E-state index in [1.807, 2.05) is 24.0 Å². The van der Waals surface area contributed by atoms with E-state index in [0.717, 1.165) is 30.5 Å². The van der Waals surface area contributed by atoms with E-state index < -0.39 is 0 Å². The van der Waals surface area contributed by atoms with Crippen LogP contribution in [0.2, 0.25) is 5.02 Å². The van der Waals surface area contributed by atoms with Crippen molar-refractivity contribution in [1.29, 1.82) is 0 Å². The van der Waals surface area contributed by atoms with Crippen LogP contribution >= 0.6 is 11.6 Å². The smallest absolute Gasteiger partial charge is 0.256 e. The Morgan fingerprint density at radius 2 is 2.07 bits per heavy atom. The van der Waals surface area contributed by atoms with E-state index in [2.05, 4.69) is 5.32 Å². The van der Waals surface area contributed by atoms with Crippen molar-refractivity contribution in [2.75, 3.05) is 6.61 Å². The maximum absolute atomic E-state index is 13.3. The van der Waals surface area contributed by atoms with E-state index in [1.54, 1.807) is 24.6 Å². The van der Waals surface area contributed by atoms with Gasteiger partial charge in [0.25, 0.3) is 5.91 Å². The largest absolute Gasteiger partial charge is 0.494 e. The number of Topliss-reactive ketones (excluding diaryl/α,β-unsaturated/α-hetero) is 1. The number of aliphatic hydroxyl groups is 1. The van der Waals surface area contributed by atoms with Crippen molar-refractivity contribution in [2.45, 2.75) is 51.3 Å². The normalized spacial score (nSPS) is 27.6. The first-order valence-electron chi connectivity index (χ1n) is 10.5. The van der Waals surface area contributed by atoms with Crippen LogP contribution in [0.1, 0.15) is 38.2 Å². The van der Waals surface area contributed by atoms with E-state index in [-0.39, 0.29) is 41.9 Å². The third-order valence-corrected chi connectivity index (χ3v) is 6.59. The molecular formula is C23H27ClN2O4.